The van der Waals surface area contributed by atoms with Crippen molar-refractivity contribution in [3.8, 4) is 0 Å². The van der Waals surface area contributed by atoms with E-state index in [1.165, 1.54) is 74.4 Å². The lowest BCUT2D eigenvalue weighted by molar-refractivity contribution is -0.137. The number of rotatable bonds is 6. The molecule has 0 saturated heterocycles. The van der Waals surface area contributed by atoms with Crippen LogP contribution in [0, 0.1) is 17.8 Å². The predicted molar refractivity (Wildman–Crippen MR) is 145 cm³/mol. The van der Waals surface area contributed by atoms with E-state index < -0.39 is 17.7 Å². The van der Waals surface area contributed by atoms with Crippen LogP contribution < -0.4 is 9.80 Å². The van der Waals surface area contributed by atoms with Gasteiger partial charge in [0.25, 0.3) is 0 Å². The number of nitrogens with zero attached hydrogens (tertiary/aromatic N) is 3. The topological polar surface area (TPSA) is 56.7 Å². The molecule has 0 amide bonds. The van der Waals surface area contributed by atoms with Crippen molar-refractivity contribution in [2.24, 2.45) is 17.8 Å². The Morgan fingerprint density at radius 3 is 1.97 bits per heavy atom. The molecule has 1 N–H and O–H groups in total. The van der Waals surface area contributed by atoms with Crippen LogP contribution in [0.1, 0.15) is 60.0 Å². The molecule has 0 unspecified atom stereocenters. The normalized spacial score (nSPS) is 25.5. The first-order valence-electron chi connectivity index (χ1n) is 13.5. The number of carbonyl (C=O) groups is 1. The van der Waals surface area contributed by atoms with Gasteiger partial charge in [0, 0.05) is 37.4 Å². The van der Waals surface area contributed by atoms with E-state index in [1.54, 1.807) is 18.0 Å². The van der Waals surface area contributed by atoms with Gasteiger partial charge in [0.1, 0.15) is 11.4 Å². The monoisotopic (exact) mass is 535 g/mol. The van der Waals surface area contributed by atoms with Crippen molar-refractivity contribution in [2.45, 2.75) is 50.1 Å². The minimum absolute atomic E-state index is 0.0675. The van der Waals surface area contributed by atoms with Gasteiger partial charge in [0.2, 0.25) is 0 Å². The first-order chi connectivity index (χ1) is 18.5. The lowest BCUT2D eigenvalue weighted by Gasteiger charge is -2.57. The summed E-state index contributed by atoms with van der Waals surface area (Å²) >= 11 is 0. The van der Waals surface area contributed by atoms with Crippen LogP contribution in [0.25, 0.3) is 0 Å². The highest BCUT2D eigenvalue weighted by Gasteiger charge is 2.51. The van der Waals surface area contributed by atoms with Crippen LogP contribution in [-0.4, -0.2) is 30.2 Å². The number of carboxylic acids is 1. The molecule has 1 heterocycles. The molecule has 8 heteroatoms. The average molecular weight is 536 g/mol. The Morgan fingerprint density at radius 2 is 1.44 bits per heavy atom. The van der Waals surface area contributed by atoms with Crippen LogP contribution >= 0.6 is 0 Å². The molecular formula is C31H32F3N3O2. The highest BCUT2D eigenvalue weighted by Crippen LogP contribution is 2.60. The fourth-order valence-corrected chi connectivity index (χ4v) is 7.75. The molecule has 0 spiro atoms. The Kier molecular flexibility index (Phi) is 6.12. The number of hydrogen-bond acceptors (Lipinski definition) is 4. The van der Waals surface area contributed by atoms with Gasteiger partial charge in [0.15, 0.2) is 0 Å². The molecule has 204 valence electrons. The maximum atomic E-state index is 14.0. The van der Waals surface area contributed by atoms with Crippen molar-refractivity contribution in [2.75, 3.05) is 23.9 Å². The molecule has 4 aliphatic carbocycles. The third-order valence-electron chi connectivity index (χ3n) is 9.24. The van der Waals surface area contributed by atoms with E-state index >= 15 is 0 Å². The van der Waals surface area contributed by atoms with Crippen LogP contribution in [0.3, 0.4) is 0 Å². The fourth-order valence-electron chi connectivity index (χ4n) is 7.75. The largest absolute Gasteiger partial charge is 0.478 e. The Morgan fingerprint density at radius 1 is 0.872 bits per heavy atom. The third-order valence-corrected chi connectivity index (χ3v) is 9.24. The van der Waals surface area contributed by atoms with Gasteiger partial charge in [-0.25, -0.2) is 9.78 Å². The van der Waals surface area contributed by atoms with E-state index in [9.17, 15) is 23.1 Å². The number of halogens is 3. The number of hydrogen-bond donors (Lipinski definition) is 1. The maximum absolute atomic E-state index is 14.0. The van der Waals surface area contributed by atoms with Gasteiger partial charge in [0.05, 0.1) is 5.56 Å². The van der Waals surface area contributed by atoms with E-state index in [-0.39, 0.29) is 22.5 Å². The summed E-state index contributed by atoms with van der Waals surface area (Å²) in [6.45, 7) is 0. The van der Waals surface area contributed by atoms with Crippen molar-refractivity contribution in [1.29, 1.82) is 0 Å². The highest BCUT2D eigenvalue weighted by atomic mass is 19.4. The van der Waals surface area contributed by atoms with Gasteiger partial charge < -0.3 is 14.9 Å². The summed E-state index contributed by atoms with van der Waals surface area (Å²) in [6.07, 6.45) is 4.73. The van der Waals surface area contributed by atoms with E-state index in [4.69, 9.17) is 0 Å². The molecule has 7 rings (SSSR count). The molecule has 5 nitrogen and oxygen atoms in total. The lowest BCUT2D eigenvalue weighted by Crippen LogP contribution is -2.48. The van der Waals surface area contributed by atoms with Crippen molar-refractivity contribution in [1.82, 2.24) is 4.98 Å². The SMILES string of the molecule is CN(c1ccc(C23CC4CC(CC(C4)C2)C3)cc1)c1cc(N(C)c2ncccc2C(=O)O)cc(C(F)(F)F)c1. The Balaban J connectivity index is 1.33. The van der Waals surface area contributed by atoms with E-state index in [0.717, 1.165) is 35.6 Å². The number of aromatic nitrogens is 1. The van der Waals surface area contributed by atoms with E-state index in [0.29, 0.717) is 5.69 Å². The molecule has 1 aromatic heterocycles. The number of carboxylic acid groups (broad SMARTS) is 1. The number of anilines is 4. The molecule has 2 aromatic carbocycles. The van der Waals surface area contributed by atoms with Gasteiger partial charge in [-0.3, -0.25) is 0 Å². The zero-order valence-electron chi connectivity index (χ0n) is 22.1. The third kappa shape index (κ3) is 4.64. The van der Waals surface area contributed by atoms with Gasteiger partial charge in [-0.1, -0.05) is 12.1 Å². The van der Waals surface area contributed by atoms with E-state index in [2.05, 4.69) is 17.1 Å². The molecule has 3 aromatic rings. The molecule has 39 heavy (non-hydrogen) atoms. The maximum Gasteiger partial charge on any atom is 0.416 e. The van der Waals surface area contributed by atoms with Crippen molar-refractivity contribution < 1.29 is 23.1 Å². The van der Waals surface area contributed by atoms with Crippen LogP contribution in [0.5, 0.6) is 0 Å². The minimum atomic E-state index is -4.57. The second kappa shape index (κ2) is 9.28. The summed E-state index contributed by atoms with van der Waals surface area (Å²) < 4.78 is 41.9. The summed E-state index contributed by atoms with van der Waals surface area (Å²) in [5, 5.41) is 9.57. The minimum Gasteiger partial charge on any atom is -0.478 e. The van der Waals surface area contributed by atoms with Gasteiger partial charge >= 0.3 is 12.1 Å². The van der Waals surface area contributed by atoms with Crippen LogP contribution in [-0.2, 0) is 11.6 Å². The van der Waals surface area contributed by atoms with Gasteiger partial charge in [-0.2, -0.15) is 13.2 Å². The smallest absolute Gasteiger partial charge is 0.416 e. The second-order valence-electron chi connectivity index (χ2n) is 11.8. The number of pyridine rings is 1. The van der Waals surface area contributed by atoms with Crippen LogP contribution in [0.15, 0.2) is 60.8 Å². The average Bonchev–Trinajstić information content (AvgIpc) is 2.91. The first-order valence-corrected chi connectivity index (χ1v) is 13.5. The predicted octanol–water partition coefficient (Wildman–Crippen LogP) is 7.80. The lowest BCUT2D eigenvalue weighted by atomic mass is 9.48. The van der Waals surface area contributed by atoms with Crippen molar-refractivity contribution >= 4 is 28.8 Å². The second-order valence-corrected chi connectivity index (χ2v) is 11.8. The number of alkyl halides is 3. The molecule has 4 bridgehead atoms. The molecule has 0 radical (unpaired) electrons. The zero-order valence-corrected chi connectivity index (χ0v) is 22.1. The summed E-state index contributed by atoms with van der Waals surface area (Å²) in [5.41, 5.74) is 2.04. The zero-order chi connectivity index (χ0) is 27.5. The van der Waals surface area contributed by atoms with Crippen LogP contribution in [0.2, 0.25) is 0 Å². The van der Waals surface area contributed by atoms with E-state index in [1.807, 2.05) is 12.1 Å². The molecule has 4 fully saturated rings. The molecule has 4 aliphatic rings. The van der Waals surface area contributed by atoms with Crippen molar-refractivity contribution in [3.05, 3.63) is 77.5 Å². The van der Waals surface area contributed by atoms with Gasteiger partial charge in [-0.05, 0) is 110 Å². The number of aromatic carboxylic acids is 1. The highest BCUT2D eigenvalue weighted by molar-refractivity contribution is 5.94. The number of benzene rings is 2. The Hall–Kier alpha value is -3.55. The quantitative estimate of drug-likeness (QED) is 0.349. The van der Waals surface area contributed by atoms with Crippen LogP contribution in [0.4, 0.5) is 36.1 Å². The fraction of sp³-hybridized carbons (Fsp3) is 0.419. The Bertz CT molecular complexity index is 1370. The molecule has 0 atom stereocenters. The summed E-state index contributed by atoms with van der Waals surface area (Å²) in [5.74, 6) is 1.37. The molecular weight excluding hydrogens is 503 g/mol. The summed E-state index contributed by atoms with van der Waals surface area (Å²) in [7, 11) is 3.27. The molecule has 0 aliphatic heterocycles. The Labute approximate surface area is 226 Å². The van der Waals surface area contributed by atoms with Crippen molar-refractivity contribution in [3.63, 3.8) is 0 Å². The summed E-state index contributed by atoms with van der Waals surface area (Å²) in [4.78, 5) is 19.0. The standard InChI is InChI=1S/C31H32F3N3O2/c1-36(24-7-5-22(6-8-24)30-16-19-10-20(17-30)12-21(11-19)18-30)25-13-23(31(32,33)34)14-26(15-25)37(2)28-27(29(38)39)4-3-9-35-28/h3-9,13-15,19-21H,10-12,16-18H2,1-2H3,(H,38,39). The van der Waals surface area contributed by atoms with Gasteiger partial charge in [-0.15, -0.1) is 0 Å². The first kappa shape index (κ1) is 25.7. The summed E-state index contributed by atoms with van der Waals surface area (Å²) in [6, 6.07) is 15.0. The molecule has 4 saturated carbocycles.